The predicted octanol–water partition coefficient (Wildman–Crippen LogP) is 3.79. The van der Waals surface area contributed by atoms with E-state index < -0.39 is 0 Å². The van der Waals surface area contributed by atoms with Crippen molar-refractivity contribution in [2.75, 3.05) is 0 Å². The smallest absolute Gasteiger partial charge is 0.113 e. The highest BCUT2D eigenvalue weighted by Gasteiger charge is 2.41. The fraction of sp³-hybridized carbons (Fsp3) is 0.786. The Morgan fingerprint density at radius 2 is 2.00 bits per heavy atom. The molecule has 1 aromatic rings. The first-order chi connectivity index (χ1) is 8.02. The fourth-order valence-corrected chi connectivity index (χ4v) is 4.32. The van der Waals surface area contributed by atoms with Crippen molar-refractivity contribution in [3.8, 4) is 0 Å². The average Bonchev–Trinajstić information content (AvgIpc) is 2.66. The number of thiazole rings is 1. The van der Waals surface area contributed by atoms with Gasteiger partial charge in [-0.3, -0.25) is 0 Å². The number of aromatic nitrogens is 1. The number of rotatable bonds is 3. The quantitative estimate of drug-likeness (QED) is 0.885. The highest BCUT2D eigenvalue weighted by Crippen LogP contribution is 2.43. The summed E-state index contributed by atoms with van der Waals surface area (Å²) in [6.07, 6.45) is 5.74. The lowest BCUT2D eigenvalue weighted by atomic mass is 9.71. The lowest BCUT2D eigenvalue weighted by Crippen LogP contribution is -2.50. The van der Waals surface area contributed by atoms with Gasteiger partial charge in [0.15, 0.2) is 0 Å². The molecule has 0 amide bonds. The Kier molecular flexibility index (Phi) is 3.88. The summed E-state index contributed by atoms with van der Waals surface area (Å²) >= 11 is 1.80. The van der Waals surface area contributed by atoms with Gasteiger partial charge < -0.3 is 5.32 Å². The first-order valence-electron chi connectivity index (χ1n) is 6.69. The van der Waals surface area contributed by atoms with Gasteiger partial charge in [-0.2, -0.15) is 0 Å². The zero-order chi connectivity index (χ0) is 12.5. The molecule has 1 N–H and O–H groups in total. The number of hydrogen-bond acceptors (Lipinski definition) is 3. The minimum Gasteiger partial charge on any atom is -0.303 e. The summed E-state index contributed by atoms with van der Waals surface area (Å²) in [6, 6.07) is 0.511. The maximum atomic E-state index is 4.59. The summed E-state index contributed by atoms with van der Waals surface area (Å²) in [6.45, 7) is 9.22. The average molecular weight is 252 g/mol. The van der Waals surface area contributed by atoms with Gasteiger partial charge in [-0.25, -0.2) is 4.98 Å². The molecule has 0 saturated heterocycles. The molecule has 2 unspecified atom stereocenters. The summed E-state index contributed by atoms with van der Waals surface area (Å²) in [5, 5.41) is 7.19. The van der Waals surface area contributed by atoms with Crippen LogP contribution in [-0.4, -0.2) is 11.0 Å². The van der Waals surface area contributed by atoms with Gasteiger partial charge in [-0.15, -0.1) is 11.3 Å². The van der Waals surface area contributed by atoms with Crippen LogP contribution in [-0.2, 0) is 5.54 Å². The van der Waals surface area contributed by atoms with Crippen LogP contribution < -0.4 is 5.32 Å². The summed E-state index contributed by atoms with van der Waals surface area (Å²) in [7, 11) is 0. The second kappa shape index (κ2) is 5.07. The molecule has 1 fully saturated rings. The van der Waals surface area contributed by atoms with E-state index in [1.807, 2.05) is 6.20 Å². The molecule has 1 saturated carbocycles. The van der Waals surface area contributed by atoms with E-state index in [1.54, 1.807) is 11.3 Å². The van der Waals surface area contributed by atoms with Gasteiger partial charge in [0.05, 0.1) is 5.54 Å². The number of nitrogens with one attached hydrogen (secondary N) is 1. The Labute approximate surface area is 109 Å². The first kappa shape index (κ1) is 13.0. The van der Waals surface area contributed by atoms with Crippen molar-refractivity contribution < 1.29 is 0 Å². The molecular formula is C14H24N2S. The van der Waals surface area contributed by atoms with Crippen LogP contribution in [0.4, 0.5) is 0 Å². The zero-order valence-corrected chi connectivity index (χ0v) is 12.2. The molecule has 0 aliphatic heterocycles. The molecule has 2 atom stereocenters. The first-order valence-corrected chi connectivity index (χ1v) is 7.57. The topological polar surface area (TPSA) is 24.9 Å². The molecule has 96 valence electrons. The van der Waals surface area contributed by atoms with Gasteiger partial charge in [-0.05, 0) is 44.9 Å². The summed E-state index contributed by atoms with van der Waals surface area (Å²) in [4.78, 5) is 4.59. The molecule has 1 heterocycles. The Morgan fingerprint density at radius 1 is 1.35 bits per heavy atom. The molecule has 0 bridgehead atoms. The second-order valence-corrected chi connectivity index (χ2v) is 6.97. The van der Waals surface area contributed by atoms with E-state index in [0.29, 0.717) is 6.04 Å². The Hall–Kier alpha value is -0.410. The summed E-state index contributed by atoms with van der Waals surface area (Å²) in [5.41, 5.74) is 0.124. The van der Waals surface area contributed by atoms with Crippen LogP contribution in [0.2, 0.25) is 0 Å². The van der Waals surface area contributed by atoms with E-state index in [2.05, 4.69) is 43.4 Å². The third-order valence-corrected chi connectivity index (χ3v) is 4.58. The van der Waals surface area contributed by atoms with E-state index >= 15 is 0 Å². The molecular weight excluding hydrogens is 228 g/mol. The number of nitrogens with zero attached hydrogens (tertiary/aromatic N) is 1. The summed E-state index contributed by atoms with van der Waals surface area (Å²) < 4.78 is 0. The zero-order valence-electron chi connectivity index (χ0n) is 11.4. The standard InChI is InChI=1S/C14H24N2S/c1-10(2)16-14(13-15-5-6-17-13)8-11(3)7-12(4)9-14/h5-6,10-12,16H,7-9H2,1-4H3. The maximum Gasteiger partial charge on any atom is 0.113 e. The van der Waals surface area contributed by atoms with Crippen molar-refractivity contribution in [3.63, 3.8) is 0 Å². The van der Waals surface area contributed by atoms with Gasteiger partial charge in [0.1, 0.15) is 5.01 Å². The highest BCUT2D eigenvalue weighted by molar-refractivity contribution is 7.09. The predicted molar refractivity (Wildman–Crippen MR) is 74.2 cm³/mol. The minimum absolute atomic E-state index is 0.124. The molecule has 0 aromatic carbocycles. The maximum absolute atomic E-state index is 4.59. The van der Waals surface area contributed by atoms with Crippen molar-refractivity contribution in [2.45, 2.75) is 58.5 Å². The van der Waals surface area contributed by atoms with E-state index in [-0.39, 0.29) is 5.54 Å². The van der Waals surface area contributed by atoms with Gasteiger partial charge in [0, 0.05) is 17.6 Å². The van der Waals surface area contributed by atoms with Crippen molar-refractivity contribution in [3.05, 3.63) is 16.6 Å². The Morgan fingerprint density at radius 3 is 2.47 bits per heavy atom. The lowest BCUT2D eigenvalue weighted by molar-refractivity contribution is 0.133. The van der Waals surface area contributed by atoms with Gasteiger partial charge in [-0.1, -0.05) is 13.8 Å². The van der Waals surface area contributed by atoms with Crippen LogP contribution in [0.3, 0.4) is 0 Å². The Balaban J connectivity index is 2.29. The minimum atomic E-state index is 0.124. The van der Waals surface area contributed by atoms with E-state index in [0.717, 1.165) is 11.8 Å². The van der Waals surface area contributed by atoms with Crippen LogP contribution in [0.1, 0.15) is 52.0 Å². The highest BCUT2D eigenvalue weighted by atomic mass is 32.1. The van der Waals surface area contributed by atoms with Crippen LogP contribution in [0.15, 0.2) is 11.6 Å². The SMILES string of the molecule is CC1CC(C)CC(NC(C)C)(c2nccs2)C1. The van der Waals surface area contributed by atoms with E-state index in [1.165, 1.54) is 24.3 Å². The van der Waals surface area contributed by atoms with Crippen LogP contribution in [0.5, 0.6) is 0 Å². The van der Waals surface area contributed by atoms with E-state index in [4.69, 9.17) is 0 Å². The molecule has 2 rings (SSSR count). The monoisotopic (exact) mass is 252 g/mol. The molecule has 0 spiro atoms. The van der Waals surface area contributed by atoms with Gasteiger partial charge in [0.2, 0.25) is 0 Å². The molecule has 3 heteroatoms. The molecule has 1 aliphatic carbocycles. The van der Waals surface area contributed by atoms with Gasteiger partial charge >= 0.3 is 0 Å². The number of hydrogen-bond donors (Lipinski definition) is 1. The van der Waals surface area contributed by atoms with Crippen molar-refractivity contribution in [2.24, 2.45) is 11.8 Å². The van der Waals surface area contributed by atoms with Crippen LogP contribution in [0.25, 0.3) is 0 Å². The normalized spacial score (nSPS) is 34.2. The van der Waals surface area contributed by atoms with Crippen LogP contribution in [0, 0.1) is 11.8 Å². The van der Waals surface area contributed by atoms with Crippen molar-refractivity contribution >= 4 is 11.3 Å². The summed E-state index contributed by atoms with van der Waals surface area (Å²) in [5.74, 6) is 1.57. The van der Waals surface area contributed by atoms with Crippen LogP contribution >= 0.6 is 11.3 Å². The van der Waals surface area contributed by atoms with Gasteiger partial charge in [0.25, 0.3) is 0 Å². The molecule has 1 aromatic heterocycles. The molecule has 1 aliphatic rings. The van der Waals surface area contributed by atoms with Crippen molar-refractivity contribution in [1.29, 1.82) is 0 Å². The Bertz CT molecular complexity index is 330. The van der Waals surface area contributed by atoms with Crippen molar-refractivity contribution in [1.82, 2.24) is 10.3 Å². The fourth-order valence-electron chi connectivity index (χ4n) is 3.49. The lowest BCUT2D eigenvalue weighted by Gasteiger charge is -2.43. The second-order valence-electron chi connectivity index (χ2n) is 6.07. The molecule has 0 radical (unpaired) electrons. The molecule has 17 heavy (non-hydrogen) atoms. The largest absolute Gasteiger partial charge is 0.303 e. The van der Waals surface area contributed by atoms with E-state index in [9.17, 15) is 0 Å². The third-order valence-electron chi connectivity index (χ3n) is 3.61. The molecule has 2 nitrogen and oxygen atoms in total. The third kappa shape index (κ3) is 2.89.